The first kappa shape index (κ1) is 20.2. The number of aliphatic hydroxyl groups is 1. The third-order valence-electron chi connectivity index (χ3n) is 4.49. The molecule has 0 saturated carbocycles. The summed E-state index contributed by atoms with van der Waals surface area (Å²) >= 11 is 0.443. The van der Waals surface area contributed by atoms with Crippen LogP contribution in [-0.4, -0.2) is 41.0 Å². The van der Waals surface area contributed by atoms with Gasteiger partial charge in [-0.25, -0.2) is 15.0 Å². The second-order valence-electron chi connectivity index (χ2n) is 6.67. The first-order chi connectivity index (χ1) is 14.2. The van der Waals surface area contributed by atoms with Crippen molar-refractivity contribution in [1.29, 1.82) is 0 Å². The fourth-order valence-corrected chi connectivity index (χ4v) is 3.68. The first-order valence-corrected chi connectivity index (χ1v) is 9.56. The van der Waals surface area contributed by atoms with Gasteiger partial charge in [0.1, 0.15) is 11.2 Å². The van der Waals surface area contributed by atoms with E-state index in [0.29, 0.717) is 28.1 Å². The van der Waals surface area contributed by atoms with E-state index in [1.807, 2.05) is 0 Å². The molecule has 0 spiro atoms. The molecule has 0 radical (unpaired) electrons. The number of rotatable bonds is 4. The zero-order chi connectivity index (χ0) is 21.6. The highest BCUT2D eigenvalue weighted by Gasteiger charge is 2.35. The van der Waals surface area contributed by atoms with E-state index in [1.54, 1.807) is 24.9 Å². The molecule has 1 atom stereocenters. The highest BCUT2D eigenvalue weighted by Crippen LogP contribution is 2.37. The standard InChI is InChI=1S/C18H15F3N6O2S/c1-9(7-28)27-8-23-15-11(16(27)29)3-12(13-5-22-17(30-13)18(19,20)21)25-14(15)10-4-24-26(2)6-10/h3-6,8-9,28H,7H2,1-2H3. The SMILES string of the molecule is CC(CO)n1cnc2c(-c3cnn(C)c3)nc(-c3cnc(C(F)(F)F)s3)cc2c1=O. The van der Waals surface area contributed by atoms with Crippen LogP contribution < -0.4 is 5.56 Å². The van der Waals surface area contributed by atoms with E-state index in [0.717, 1.165) is 6.20 Å². The maximum atomic E-state index is 13.0. The fourth-order valence-electron chi connectivity index (χ4n) is 2.94. The molecule has 30 heavy (non-hydrogen) atoms. The lowest BCUT2D eigenvalue weighted by atomic mass is 10.1. The van der Waals surface area contributed by atoms with Crippen molar-refractivity contribution < 1.29 is 18.3 Å². The summed E-state index contributed by atoms with van der Waals surface area (Å²) in [6.07, 6.45) is 1.03. The second kappa shape index (κ2) is 7.29. The van der Waals surface area contributed by atoms with Crippen LogP contribution in [0.25, 0.3) is 32.7 Å². The minimum Gasteiger partial charge on any atom is -0.394 e. The number of pyridine rings is 1. The van der Waals surface area contributed by atoms with E-state index in [4.69, 9.17) is 0 Å². The summed E-state index contributed by atoms with van der Waals surface area (Å²) in [5.74, 6) is 0. The van der Waals surface area contributed by atoms with Crippen molar-refractivity contribution in [3.05, 3.63) is 46.3 Å². The summed E-state index contributed by atoms with van der Waals surface area (Å²) < 4.78 is 41.8. The van der Waals surface area contributed by atoms with Gasteiger partial charge in [-0.05, 0) is 13.0 Å². The zero-order valence-electron chi connectivity index (χ0n) is 15.8. The molecule has 4 rings (SSSR count). The Labute approximate surface area is 171 Å². The summed E-state index contributed by atoms with van der Waals surface area (Å²) in [7, 11) is 1.71. The number of aryl methyl sites for hydroxylation is 1. The van der Waals surface area contributed by atoms with Gasteiger partial charge in [-0.1, -0.05) is 0 Å². The molecule has 1 N–H and O–H groups in total. The molecule has 0 aliphatic heterocycles. The number of aliphatic hydroxyl groups excluding tert-OH is 1. The fraction of sp³-hybridized carbons (Fsp3) is 0.278. The van der Waals surface area contributed by atoms with Crippen molar-refractivity contribution in [2.75, 3.05) is 6.61 Å². The van der Waals surface area contributed by atoms with Gasteiger partial charge in [-0.2, -0.15) is 18.3 Å². The first-order valence-electron chi connectivity index (χ1n) is 8.74. The van der Waals surface area contributed by atoms with Crippen molar-refractivity contribution in [2.45, 2.75) is 19.1 Å². The van der Waals surface area contributed by atoms with Crippen molar-refractivity contribution in [1.82, 2.24) is 29.3 Å². The lowest BCUT2D eigenvalue weighted by molar-refractivity contribution is -0.137. The Morgan fingerprint density at radius 2 is 2.03 bits per heavy atom. The Bertz CT molecular complexity index is 1290. The van der Waals surface area contributed by atoms with Gasteiger partial charge in [0.15, 0.2) is 5.01 Å². The molecular weight excluding hydrogens is 421 g/mol. The van der Waals surface area contributed by atoms with E-state index in [1.165, 1.54) is 23.2 Å². The number of nitrogens with zero attached hydrogens (tertiary/aromatic N) is 6. The number of halogens is 3. The Hall–Kier alpha value is -3.12. The molecule has 4 aromatic heterocycles. The maximum Gasteiger partial charge on any atom is 0.443 e. The maximum absolute atomic E-state index is 13.0. The molecule has 12 heteroatoms. The van der Waals surface area contributed by atoms with Gasteiger partial charge in [0.25, 0.3) is 5.56 Å². The average molecular weight is 436 g/mol. The molecule has 1 unspecified atom stereocenters. The Balaban J connectivity index is 2.00. The van der Waals surface area contributed by atoms with E-state index in [9.17, 15) is 23.1 Å². The molecule has 0 saturated heterocycles. The van der Waals surface area contributed by atoms with Crippen molar-refractivity contribution in [2.24, 2.45) is 7.05 Å². The van der Waals surface area contributed by atoms with Crippen molar-refractivity contribution in [3.63, 3.8) is 0 Å². The molecule has 0 amide bonds. The van der Waals surface area contributed by atoms with E-state index >= 15 is 0 Å². The van der Waals surface area contributed by atoms with Crippen LogP contribution in [-0.2, 0) is 13.2 Å². The smallest absolute Gasteiger partial charge is 0.394 e. The molecule has 8 nitrogen and oxygen atoms in total. The third-order valence-corrected chi connectivity index (χ3v) is 5.55. The van der Waals surface area contributed by atoms with Gasteiger partial charge in [0, 0.05) is 25.0 Å². The quantitative estimate of drug-likeness (QED) is 0.528. The van der Waals surface area contributed by atoms with Crippen LogP contribution in [0.15, 0.2) is 35.8 Å². The molecular formula is C18H15F3N6O2S. The molecule has 0 fully saturated rings. The number of alkyl halides is 3. The summed E-state index contributed by atoms with van der Waals surface area (Å²) in [6.45, 7) is 1.38. The summed E-state index contributed by atoms with van der Waals surface area (Å²) in [5.41, 5.74) is 0.903. The van der Waals surface area contributed by atoms with Crippen LogP contribution in [0.5, 0.6) is 0 Å². The van der Waals surface area contributed by atoms with E-state index in [2.05, 4.69) is 20.1 Å². The monoisotopic (exact) mass is 436 g/mol. The van der Waals surface area contributed by atoms with Gasteiger partial charge in [0.2, 0.25) is 0 Å². The van der Waals surface area contributed by atoms with Crippen LogP contribution in [0.1, 0.15) is 18.0 Å². The molecule has 0 aliphatic carbocycles. The van der Waals surface area contributed by atoms with Gasteiger partial charge in [-0.3, -0.25) is 14.0 Å². The topological polar surface area (TPSA) is 98.7 Å². The lowest BCUT2D eigenvalue weighted by Gasteiger charge is -2.13. The van der Waals surface area contributed by atoms with E-state index < -0.39 is 22.8 Å². The third kappa shape index (κ3) is 3.48. The van der Waals surface area contributed by atoms with Gasteiger partial charge in [0.05, 0.1) is 41.1 Å². The minimum absolute atomic E-state index is 0.166. The summed E-state index contributed by atoms with van der Waals surface area (Å²) in [4.78, 5) is 25.5. The van der Waals surface area contributed by atoms with Gasteiger partial charge in [-0.15, -0.1) is 11.3 Å². The number of hydrogen-bond acceptors (Lipinski definition) is 7. The van der Waals surface area contributed by atoms with Crippen molar-refractivity contribution in [3.8, 4) is 21.8 Å². The van der Waals surface area contributed by atoms with Gasteiger partial charge >= 0.3 is 6.18 Å². The van der Waals surface area contributed by atoms with Crippen LogP contribution in [0.4, 0.5) is 13.2 Å². The minimum atomic E-state index is -4.57. The number of hydrogen-bond donors (Lipinski definition) is 1. The average Bonchev–Trinajstić information content (AvgIpc) is 3.36. The molecule has 156 valence electrons. The summed E-state index contributed by atoms with van der Waals surface area (Å²) in [5, 5.41) is 12.7. The second-order valence-corrected chi connectivity index (χ2v) is 7.70. The van der Waals surface area contributed by atoms with E-state index in [-0.39, 0.29) is 22.6 Å². The Morgan fingerprint density at radius 1 is 1.27 bits per heavy atom. The Kier molecular flexibility index (Phi) is 4.90. The largest absolute Gasteiger partial charge is 0.443 e. The van der Waals surface area contributed by atoms with Crippen LogP contribution in [0.3, 0.4) is 0 Å². The van der Waals surface area contributed by atoms with Crippen LogP contribution in [0.2, 0.25) is 0 Å². The van der Waals surface area contributed by atoms with Crippen LogP contribution in [0, 0.1) is 0 Å². The highest BCUT2D eigenvalue weighted by atomic mass is 32.1. The summed E-state index contributed by atoms with van der Waals surface area (Å²) in [6, 6.07) is 0.881. The molecule has 0 bridgehead atoms. The lowest BCUT2D eigenvalue weighted by Crippen LogP contribution is -2.25. The zero-order valence-corrected chi connectivity index (χ0v) is 16.6. The molecule has 0 aromatic carbocycles. The van der Waals surface area contributed by atoms with Crippen molar-refractivity contribution >= 4 is 22.2 Å². The number of thiazole rings is 1. The molecule has 4 aromatic rings. The van der Waals surface area contributed by atoms with Gasteiger partial charge < -0.3 is 5.11 Å². The Morgan fingerprint density at radius 3 is 2.63 bits per heavy atom. The normalized spacial score (nSPS) is 13.1. The molecule has 0 aliphatic rings. The predicted molar refractivity (Wildman–Crippen MR) is 104 cm³/mol. The number of fused-ring (bicyclic) bond motifs is 1. The van der Waals surface area contributed by atoms with Crippen LogP contribution >= 0.6 is 11.3 Å². The number of aromatic nitrogens is 6. The predicted octanol–water partition coefficient (Wildman–Crippen LogP) is 2.89. The highest BCUT2D eigenvalue weighted by molar-refractivity contribution is 7.15. The molecule has 4 heterocycles.